The highest BCUT2D eigenvalue weighted by molar-refractivity contribution is 6.01. The van der Waals surface area contributed by atoms with Crippen LogP contribution in [0, 0.1) is 57.3 Å². The lowest BCUT2D eigenvalue weighted by molar-refractivity contribution is -0.176. The van der Waals surface area contributed by atoms with Gasteiger partial charge in [-0.3, -0.25) is 9.59 Å². The van der Waals surface area contributed by atoms with Crippen molar-refractivity contribution in [2.75, 3.05) is 0 Å². The molecule has 4 heteroatoms. The van der Waals surface area contributed by atoms with Crippen molar-refractivity contribution in [1.82, 2.24) is 0 Å². The molecular weight excluding hydrogens is 446 g/mol. The predicted molar refractivity (Wildman–Crippen MR) is 141 cm³/mol. The summed E-state index contributed by atoms with van der Waals surface area (Å²) >= 11 is 0. The van der Waals surface area contributed by atoms with Crippen molar-refractivity contribution < 1.29 is 14.4 Å². The van der Waals surface area contributed by atoms with Crippen LogP contribution >= 0.6 is 0 Å². The average molecular weight is 490 g/mol. The van der Waals surface area contributed by atoms with Crippen LogP contribution in [0.25, 0.3) is 4.85 Å². The number of rotatable bonds is 2. The molecule has 0 N–H and O–H groups in total. The molecule has 0 bridgehead atoms. The van der Waals surface area contributed by atoms with Gasteiger partial charge in [0.1, 0.15) is 5.78 Å². The van der Waals surface area contributed by atoms with Gasteiger partial charge in [0.05, 0.1) is 6.57 Å². The zero-order valence-electron chi connectivity index (χ0n) is 23.3. The summed E-state index contributed by atoms with van der Waals surface area (Å²) in [7, 11) is 0. The van der Waals surface area contributed by atoms with E-state index in [1.807, 2.05) is 26.0 Å². The molecule has 36 heavy (non-hydrogen) atoms. The van der Waals surface area contributed by atoms with Crippen LogP contribution in [0.4, 0.5) is 0 Å². The van der Waals surface area contributed by atoms with Crippen molar-refractivity contribution >= 4 is 17.3 Å². The Morgan fingerprint density at radius 3 is 2.33 bits per heavy atom. The van der Waals surface area contributed by atoms with Crippen LogP contribution in [0.3, 0.4) is 0 Å². The number of Topliss-reactive ketones (excluding diaryl/α,β-unsaturated/α-hetero) is 2. The first-order valence-corrected chi connectivity index (χ1v) is 14.2. The number of fused-ring (bicyclic) bond motifs is 7. The van der Waals surface area contributed by atoms with E-state index in [1.165, 1.54) is 0 Å². The summed E-state index contributed by atoms with van der Waals surface area (Å²) in [5.41, 5.74) is 0.218. The number of ketones is 3. The summed E-state index contributed by atoms with van der Waals surface area (Å²) in [4.78, 5) is 44.4. The first kappa shape index (κ1) is 25.6. The third kappa shape index (κ3) is 3.01. The van der Waals surface area contributed by atoms with Crippen molar-refractivity contribution in [3.63, 3.8) is 0 Å². The molecule has 0 heterocycles. The molecule has 0 aromatic heterocycles. The Hall–Kier alpha value is -2.02. The van der Waals surface area contributed by atoms with Crippen molar-refractivity contribution in [3.8, 4) is 0 Å². The Labute approximate surface area is 217 Å². The Bertz CT molecular complexity index is 1150. The zero-order valence-corrected chi connectivity index (χ0v) is 23.3. The van der Waals surface area contributed by atoms with Crippen molar-refractivity contribution in [2.24, 2.45) is 50.7 Å². The van der Waals surface area contributed by atoms with Crippen molar-refractivity contribution in [1.29, 1.82) is 0 Å². The van der Waals surface area contributed by atoms with E-state index in [2.05, 4.69) is 39.5 Å². The molecule has 194 valence electrons. The standard InChI is InChI=1S/C32H43NO3/c1-9-25(35)32-14-12-28(3,4)17-21(32)26-23(34)16-24-29(5)18-22(33-8)27(36)19(2)20(29)10-11-30(24,6)31(26,7)13-15-32/h16,18-21,26H,9-15,17H2,1-7H3/t19-,20-,21-,26-,29-,30+,31+,32-/m0/s1. The molecule has 0 radical (unpaired) electrons. The summed E-state index contributed by atoms with van der Waals surface area (Å²) in [6.45, 7) is 23.1. The number of carbonyl (C=O) groups excluding carboxylic acids is 3. The molecule has 0 amide bonds. The van der Waals surface area contributed by atoms with E-state index in [4.69, 9.17) is 6.57 Å². The molecule has 0 spiro atoms. The number of nitrogens with zero attached hydrogens (tertiary/aromatic N) is 1. The van der Waals surface area contributed by atoms with Crippen molar-refractivity contribution in [2.45, 2.75) is 99.8 Å². The molecule has 0 aromatic carbocycles. The monoisotopic (exact) mass is 489 g/mol. The van der Waals surface area contributed by atoms with Gasteiger partial charge in [-0.2, -0.15) is 0 Å². The van der Waals surface area contributed by atoms with E-state index in [0.29, 0.717) is 12.2 Å². The third-order valence-corrected chi connectivity index (χ3v) is 12.4. The first-order chi connectivity index (χ1) is 16.7. The van der Waals surface area contributed by atoms with Crippen molar-refractivity contribution in [3.05, 3.63) is 34.8 Å². The van der Waals surface area contributed by atoms with Gasteiger partial charge in [0.15, 0.2) is 11.6 Å². The minimum absolute atomic E-state index is 0.0483. The second-order valence-corrected chi connectivity index (χ2v) is 14.3. The molecular formula is C32H43NO3. The topological polar surface area (TPSA) is 55.6 Å². The Balaban J connectivity index is 1.69. The highest BCUT2D eigenvalue weighted by Gasteiger charge is 2.69. The molecule has 4 nitrogen and oxygen atoms in total. The summed E-state index contributed by atoms with van der Waals surface area (Å²) in [5, 5.41) is 0. The summed E-state index contributed by atoms with van der Waals surface area (Å²) in [6, 6.07) is 0. The highest BCUT2D eigenvalue weighted by atomic mass is 16.1. The van der Waals surface area contributed by atoms with E-state index in [-0.39, 0.29) is 62.6 Å². The van der Waals surface area contributed by atoms with Crippen LogP contribution in [-0.2, 0) is 14.4 Å². The SMILES string of the molecule is [C-]#[N+]C1=C[C@]2(C)C3=CC(=O)[C@@H]4[C@@H]5CC(C)(C)CC[C@]5(C(=O)CC)CC[C@@]4(C)[C@]3(C)CC[C@H]2[C@H](C)C1=O. The van der Waals surface area contributed by atoms with Gasteiger partial charge in [-0.1, -0.05) is 60.1 Å². The fraction of sp³-hybridized carbons (Fsp3) is 0.750. The molecule has 5 aliphatic carbocycles. The highest BCUT2D eigenvalue weighted by Crippen LogP contribution is 2.74. The van der Waals surface area contributed by atoms with Gasteiger partial charge < -0.3 is 4.79 Å². The van der Waals surface area contributed by atoms with E-state index < -0.39 is 5.41 Å². The second-order valence-electron chi connectivity index (χ2n) is 14.3. The first-order valence-electron chi connectivity index (χ1n) is 14.2. The molecule has 0 saturated heterocycles. The van der Waals surface area contributed by atoms with Crippen LogP contribution in [0.2, 0.25) is 0 Å². The Morgan fingerprint density at radius 1 is 1.03 bits per heavy atom. The number of hydrogen-bond donors (Lipinski definition) is 0. The Kier molecular flexibility index (Phi) is 5.51. The van der Waals surface area contributed by atoms with Gasteiger partial charge in [-0.25, -0.2) is 4.85 Å². The zero-order chi connectivity index (χ0) is 26.5. The van der Waals surface area contributed by atoms with E-state index >= 15 is 0 Å². The summed E-state index contributed by atoms with van der Waals surface area (Å²) in [5.74, 6) is 0.329. The molecule has 8 atom stereocenters. The second kappa shape index (κ2) is 7.75. The van der Waals surface area contributed by atoms with E-state index in [9.17, 15) is 14.4 Å². The summed E-state index contributed by atoms with van der Waals surface area (Å²) < 4.78 is 0. The lowest BCUT2D eigenvalue weighted by Crippen LogP contribution is -2.65. The van der Waals surface area contributed by atoms with Crippen LogP contribution in [0.5, 0.6) is 0 Å². The number of allylic oxidation sites excluding steroid dienone is 4. The van der Waals surface area contributed by atoms with E-state index in [0.717, 1.165) is 50.5 Å². The maximum atomic E-state index is 14.3. The number of hydrogen-bond acceptors (Lipinski definition) is 3. The fourth-order valence-electron chi connectivity index (χ4n) is 10.1. The normalized spacial score (nSPS) is 47.3. The Morgan fingerprint density at radius 2 is 1.69 bits per heavy atom. The third-order valence-electron chi connectivity index (χ3n) is 12.4. The predicted octanol–water partition coefficient (Wildman–Crippen LogP) is 7.15. The van der Waals surface area contributed by atoms with Crippen LogP contribution < -0.4 is 0 Å². The molecule has 0 aliphatic heterocycles. The van der Waals surface area contributed by atoms with Gasteiger partial charge in [-0.15, -0.1) is 0 Å². The van der Waals surface area contributed by atoms with Crippen LogP contribution in [0.1, 0.15) is 99.8 Å². The fourth-order valence-corrected chi connectivity index (χ4v) is 10.1. The average Bonchev–Trinajstić information content (AvgIpc) is 2.82. The van der Waals surface area contributed by atoms with Gasteiger partial charge in [0, 0.05) is 29.1 Å². The largest absolute Gasteiger partial charge is 0.308 e. The maximum absolute atomic E-state index is 14.3. The van der Waals surface area contributed by atoms with Crippen LogP contribution in [-0.4, -0.2) is 17.3 Å². The lowest BCUT2D eigenvalue weighted by Gasteiger charge is -2.68. The molecule has 0 unspecified atom stereocenters. The lowest BCUT2D eigenvalue weighted by atomic mass is 9.34. The minimum Gasteiger partial charge on any atom is -0.308 e. The van der Waals surface area contributed by atoms with Gasteiger partial charge in [-0.05, 0) is 79.1 Å². The number of carbonyl (C=O) groups is 3. The molecule has 5 aliphatic rings. The molecule has 3 saturated carbocycles. The molecule has 0 aromatic rings. The summed E-state index contributed by atoms with van der Waals surface area (Å²) in [6.07, 6.45) is 10.9. The molecule has 5 rings (SSSR count). The van der Waals surface area contributed by atoms with Gasteiger partial charge in [0.25, 0.3) is 0 Å². The maximum Gasteiger partial charge on any atom is 0.226 e. The van der Waals surface area contributed by atoms with Crippen LogP contribution in [0.15, 0.2) is 23.4 Å². The van der Waals surface area contributed by atoms with Gasteiger partial charge >= 0.3 is 0 Å². The quantitative estimate of drug-likeness (QED) is 0.387. The minimum atomic E-state index is -0.469. The van der Waals surface area contributed by atoms with E-state index in [1.54, 1.807) is 0 Å². The van der Waals surface area contributed by atoms with Gasteiger partial charge in [0.2, 0.25) is 5.70 Å². The molecule has 3 fully saturated rings. The smallest absolute Gasteiger partial charge is 0.226 e.